The first-order chi connectivity index (χ1) is 6.39. The van der Waals surface area contributed by atoms with Gasteiger partial charge in [-0.1, -0.05) is 40.5 Å². The van der Waals surface area contributed by atoms with Crippen LogP contribution in [-0.4, -0.2) is 11.9 Å². The van der Waals surface area contributed by atoms with Gasteiger partial charge < -0.3 is 5.32 Å². The molecule has 2 nitrogen and oxygen atoms in total. The van der Waals surface area contributed by atoms with Crippen LogP contribution in [0.1, 0.15) is 53.4 Å². The summed E-state index contributed by atoms with van der Waals surface area (Å²) in [5.74, 6) is 0.964. The highest BCUT2D eigenvalue weighted by molar-refractivity contribution is 5.81. The lowest BCUT2D eigenvalue weighted by Crippen LogP contribution is -2.43. The number of carbonyl (C=O) groups is 1. The summed E-state index contributed by atoms with van der Waals surface area (Å²) in [6.07, 6.45) is 4.89. The zero-order chi connectivity index (χ0) is 10.8. The molecule has 1 aliphatic rings. The average Bonchev–Trinajstić information content (AvgIpc) is 2.02. The van der Waals surface area contributed by atoms with Gasteiger partial charge in [0.1, 0.15) is 0 Å². The Hall–Kier alpha value is -0.530. The van der Waals surface area contributed by atoms with E-state index in [4.69, 9.17) is 0 Å². The number of hydrogen-bond acceptors (Lipinski definition) is 1. The molecule has 14 heavy (non-hydrogen) atoms. The molecule has 2 atom stereocenters. The van der Waals surface area contributed by atoms with E-state index >= 15 is 0 Å². The van der Waals surface area contributed by atoms with Crippen LogP contribution in [0.4, 0.5) is 0 Å². The van der Waals surface area contributed by atoms with Crippen LogP contribution in [0.15, 0.2) is 0 Å². The Labute approximate surface area is 87.5 Å². The molecule has 1 amide bonds. The molecular weight excluding hydrogens is 174 g/mol. The Morgan fingerprint density at radius 3 is 2.43 bits per heavy atom. The van der Waals surface area contributed by atoms with Crippen LogP contribution >= 0.6 is 0 Å². The summed E-state index contributed by atoms with van der Waals surface area (Å²) in [7, 11) is 0. The summed E-state index contributed by atoms with van der Waals surface area (Å²) in [4.78, 5) is 11.7. The molecule has 0 unspecified atom stereocenters. The maximum absolute atomic E-state index is 11.7. The first kappa shape index (κ1) is 11.5. The SMILES string of the molecule is C[C@H]1CCC[C@@H](NC(=O)C(C)(C)C)C1. The predicted molar refractivity (Wildman–Crippen MR) is 59.0 cm³/mol. The predicted octanol–water partition coefficient (Wildman–Crippen LogP) is 2.73. The fourth-order valence-electron chi connectivity index (χ4n) is 1.97. The lowest BCUT2D eigenvalue weighted by Gasteiger charge is -2.30. The third kappa shape index (κ3) is 3.32. The minimum atomic E-state index is -0.249. The lowest BCUT2D eigenvalue weighted by atomic mass is 9.86. The molecule has 0 saturated heterocycles. The number of nitrogens with one attached hydrogen (secondary N) is 1. The summed E-state index contributed by atoms with van der Waals surface area (Å²) in [5, 5.41) is 3.15. The second kappa shape index (κ2) is 4.33. The van der Waals surface area contributed by atoms with Crippen LogP contribution in [0.2, 0.25) is 0 Å². The molecule has 0 aromatic heterocycles. The van der Waals surface area contributed by atoms with Gasteiger partial charge in [-0.15, -0.1) is 0 Å². The molecule has 82 valence electrons. The molecule has 1 rings (SSSR count). The minimum absolute atomic E-state index is 0.191. The quantitative estimate of drug-likeness (QED) is 0.688. The van der Waals surface area contributed by atoms with Gasteiger partial charge in [-0.25, -0.2) is 0 Å². The Kier molecular flexibility index (Phi) is 3.57. The molecule has 1 fully saturated rings. The number of rotatable bonds is 1. The highest BCUT2D eigenvalue weighted by atomic mass is 16.2. The normalized spacial score (nSPS) is 28.6. The van der Waals surface area contributed by atoms with Crippen molar-refractivity contribution in [3.8, 4) is 0 Å². The molecular formula is C12H23NO. The fraction of sp³-hybridized carbons (Fsp3) is 0.917. The summed E-state index contributed by atoms with van der Waals surface area (Å²) >= 11 is 0. The van der Waals surface area contributed by atoms with Gasteiger partial charge in [-0.2, -0.15) is 0 Å². The molecule has 0 spiro atoms. The molecule has 1 N–H and O–H groups in total. The van der Waals surface area contributed by atoms with Gasteiger partial charge in [0.25, 0.3) is 0 Å². The molecule has 1 aliphatic carbocycles. The standard InChI is InChI=1S/C12H23NO/c1-9-6-5-7-10(8-9)13-11(14)12(2,3)4/h9-10H,5-8H2,1-4H3,(H,13,14)/t9-,10+/m0/s1. The van der Waals surface area contributed by atoms with E-state index in [-0.39, 0.29) is 11.3 Å². The summed E-state index contributed by atoms with van der Waals surface area (Å²) < 4.78 is 0. The number of carbonyl (C=O) groups excluding carboxylic acids is 1. The molecule has 0 aromatic carbocycles. The molecule has 0 radical (unpaired) electrons. The molecule has 0 bridgehead atoms. The average molecular weight is 197 g/mol. The second-order valence-electron chi connectivity index (χ2n) is 5.69. The molecule has 0 heterocycles. The highest BCUT2D eigenvalue weighted by Crippen LogP contribution is 2.24. The van der Waals surface area contributed by atoms with Gasteiger partial charge in [-0.05, 0) is 18.8 Å². The van der Waals surface area contributed by atoms with Gasteiger partial charge in [0.2, 0.25) is 5.91 Å². The van der Waals surface area contributed by atoms with Crippen molar-refractivity contribution < 1.29 is 4.79 Å². The van der Waals surface area contributed by atoms with Crippen molar-refractivity contribution in [2.75, 3.05) is 0 Å². The van der Waals surface area contributed by atoms with Crippen molar-refractivity contribution in [3.63, 3.8) is 0 Å². The van der Waals surface area contributed by atoms with E-state index < -0.39 is 0 Å². The van der Waals surface area contributed by atoms with E-state index in [2.05, 4.69) is 12.2 Å². The van der Waals surface area contributed by atoms with Crippen LogP contribution < -0.4 is 5.32 Å². The third-order valence-corrected chi connectivity index (χ3v) is 2.95. The second-order valence-corrected chi connectivity index (χ2v) is 5.69. The first-order valence-corrected chi connectivity index (χ1v) is 5.70. The number of hydrogen-bond donors (Lipinski definition) is 1. The fourth-order valence-corrected chi connectivity index (χ4v) is 1.97. The Balaban J connectivity index is 2.40. The zero-order valence-electron chi connectivity index (χ0n) is 9.89. The van der Waals surface area contributed by atoms with E-state index in [0.717, 1.165) is 18.8 Å². The van der Waals surface area contributed by atoms with Crippen molar-refractivity contribution >= 4 is 5.91 Å². The van der Waals surface area contributed by atoms with E-state index in [1.54, 1.807) is 0 Å². The minimum Gasteiger partial charge on any atom is -0.353 e. The van der Waals surface area contributed by atoms with Crippen molar-refractivity contribution in [1.82, 2.24) is 5.32 Å². The third-order valence-electron chi connectivity index (χ3n) is 2.95. The molecule has 2 heteroatoms. The number of amides is 1. The zero-order valence-corrected chi connectivity index (χ0v) is 9.89. The summed E-state index contributed by atoms with van der Waals surface area (Å²) in [5.41, 5.74) is -0.249. The maximum atomic E-state index is 11.7. The van der Waals surface area contributed by atoms with Gasteiger partial charge in [0, 0.05) is 11.5 Å². The van der Waals surface area contributed by atoms with Gasteiger partial charge in [0.05, 0.1) is 0 Å². The Bertz CT molecular complexity index is 205. The summed E-state index contributed by atoms with van der Waals surface area (Å²) in [6, 6.07) is 0.422. The lowest BCUT2D eigenvalue weighted by molar-refractivity contribution is -0.129. The first-order valence-electron chi connectivity index (χ1n) is 5.70. The molecule has 0 aliphatic heterocycles. The van der Waals surface area contributed by atoms with Crippen LogP contribution in [0, 0.1) is 11.3 Å². The molecule has 1 saturated carbocycles. The van der Waals surface area contributed by atoms with E-state index in [0.29, 0.717) is 6.04 Å². The highest BCUT2D eigenvalue weighted by Gasteiger charge is 2.26. The van der Waals surface area contributed by atoms with Gasteiger partial charge in [-0.3, -0.25) is 4.79 Å². The van der Waals surface area contributed by atoms with Crippen molar-refractivity contribution in [2.45, 2.75) is 59.4 Å². The Morgan fingerprint density at radius 1 is 1.29 bits per heavy atom. The summed E-state index contributed by atoms with van der Waals surface area (Å²) in [6.45, 7) is 8.17. The van der Waals surface area contributed by atoms with Crippen LogP contribution in [0.5, 0.6) is 0 Å². The largest absolute Gasteiger partial charge is 0.353 e. The Morgan fingerprint density at radius 2 is 1.93 bits per heavy atom. The van der Waals surface area contributed by atoms with E-state index in [1.165, 1.54) is 12.8 Å². The van der Waals surface area contributed by atoms with Gasteiger partial charge >= 0.3 is 0 Å². The smallest absolute Gasteiger partial charge is 0.225 e. The van der Waals surface area contributed by atoms with Crippen LogP contribution in [0.3, 0.4) is 0 Å². The van der Waals surface area contributed by atoms with E-state index in [1.807, 2.05) is 20.8 Å². The molecule has 0 aromatic rings. The van der Waals surface area contributed by atoms with Crippen molar-refractivity contribution in [3.05, 3.63) is 0 Å². The van der Waals surface area contributed by atoms with Crippen LogP contribution in [0.25, 0.3) is 0 Å². The maximum Gasteiger partial charge on any atom is 0.225 e. The van der Waals surface area contributed by atoms with Crippen molar-refractivity contribution in [1.29, 1.82) is 0 Å². The monoisotopic (exact) mass is 197 g/mol. The van der Waals surface area contributed by atoms with E-state index in [9.17, 15) is 4.79 Å². The van der Waals surface area contributed by atoms with Crippen LogP contribution in [-0.2, 0) is 4.79 Å². The topological polar surface area (TPSA) is 29.1 Å². The van der Waals surface area contributed by atoms with Gasteiger partial charge in [0.15, 0.2) is 0 Å². The van der Waals surface area contributed by atoms with Crippen molar-refractivity contribution in [2.24, 2.45) is 11.3 Å².